The lowest BCUT2D eigenvalue weighted by Gasteiger charge is -2.09. The summed E-state index contributed by atoms with van der Waals surface area (Å²) in [5.74, 6) is -2.66. The normalized spacial score (nSPS) is 11.6. The first-order valence-electron chi connectivity index (χ1n) is 6.64. The summed E-state index contributed by atoms with van der Waals surface area (Å²) < 4.78 is 38.8. The molecule has 0 spiro atoms. The number of hydrogen-bond donors (Lipinski definition) is 2. The molecule has 0 unspecified atom stereocenters. The van der Waals surface area contributed by atoms with E-state index in [2.05, 4.69) is 0 Å². The van der Waals surface area contributed by atoms with Crippen molar-refractivity contribution in [3.63, 3.8) is 0 Å². The van der Waals surface area contributed by atoms with E-state index >= 15 is 0 Å². The van der Waals surface area contributed by atoms with Crippen LogP contribution in [0.3, 0.4) is 0 Å². The Morgan fingerprint density at radius 2 is 1.42 bits per heavy atom. The molecule has 0 fully saturated rings. The van der Waals surface area contributed by atoms with E-state index < -0.39 is 23.7 Å². The van der Waals surface area contributed by atoms with Crippen molar-refractivity contribution in [3.05, 3.63) is 70.3 Å². The maximum atomic E-state index is 12.9. The third-order valence-corrected chi connectivity index (χ3v) is 3.17. The van der Waals surface area contributed by atoms with E-state index in [9.17, 15) is 22.8 Å². The molecule has 2 aromatic carbocycles. The third kappa shape index (κ3) is 4.01. The number of hydrogen-bond acceptors (Lipinski definition) is 2. The van der Waals surface area contributed by atoms with E-state index in [1.54, 1.807) is 0 Å². The number of carbonyl (C=O) groups is 2. The molecule has 0 saturated carbocycles. The van der Waals surface area contributed by atoms with Gasteiger partial charge in [-0.3, -0.25) is 0 Å². The van der Waals surface area contributed by atoms with E-state index in [-0.39, 0.29) is 22.3 Å². The van der Waals surface area contributed by atoms with Gasteiger partial charge in [-0.15, -0.1) is 0 Å². The summed E-state index contributed by atoms with van der Waals surface area (Å²) >= 11 is 0. The van der Waals surface area contributed by atoms with E-state index in [1.807, 2.05) is 0 Å². The van der Waals surface area contributed by atoms with Crippen molar-refractivity contribution in [2.75, 3.05) is 0 Å². The molecule has 7 heteroatoms. The second-order valence-corrected chi connectivity index (χ2v) is 4.87. The molecule has 4 nitrogen and oxygen atoms in total. The van der Waals surface area contributed by atoms with Crippen LogP contribution in [0.1, 0.15) is 37.4 Å². The monoisotopic (exact) mass is 336 g/mol. The molecular formula is C17H11F3O4. The molecule has 0 aliphatic carbocycles. The molecule has 2 N–H and O–H groups in total. The largest absolute Gasteiger partial charge is 0.478 e. The van der Waals surface area contributed by atoms with Gasteiger partial charge in [0.05, 0.1) is 16.7 Å². The Labute approximate surface area is 134 Å². The third-order valence-electron chi connectivity index (χ3n) is 3.17. The van der Waals surface area contributed by atoms with Crippen LogP contribution in [0.5, 0.6) is 0 Å². The van der Waals surface area contributed by atoms with Gasteiger partial charge in [0.1, 0.15) is 0 Å². The smallest absolute Gasteiger partial charge is 0.416 e. The van der Waals surface area contributed by atoms with Gasteiger partial charge in [-0.25, -0.2) is 9.59 Å². The lowest BCUT2D eigenvalue weighted by molar-refractivity contribution is -0.137. The highest BCUT2D eigenvalue weighted by Gasteiger charge is 2.32. The fourth-order valence-electron chi connectivity index (χ4n) is 2.08. The van der Waals surface area contributed by atoms with E-state index in [4.69, 9.17) is 10.2 Å². The van der Waals surface area contributed by atoms with Gasteiger partial charge in [-0.2, -0.15) is 13.2 Å². The van der Waals surface area contributed by atoms with Gasteiger partial charge in [0.15, 0.2) is 0 Å². The molecule has 0 bridgehead atoms. The van der Waals surface area contributed by atoms with Crippen LogP contribution in [0.15, 0.2) is 42.5 Å². The number of carboxylic acids is 2. The van der Waals surface area contributed by atoms with Gasteiger partial charge in [0, 0.05) is 0 Å². The minimum absolute atomic E-state index is 0.109. The predicted molar refractivity (Wildman–Crippen MR) is 80.7 cm³/mol. The van der Waals surface area contributed by atoms with E-state index in [0.29, 0.717) is 0 Å². The Bertz CT molecular complexity index is 791. The molecule has 0 saturated heterocycles. The van der Waals surface area contributed by atoms with Gasteiger partial charge >= 0.3 is 18.1 Å². The highest BCUT2D eigenvalue weighted by molar-refractivity contribution is 5.95. The van der Waals surface area contributed by atoms with Gasteiger partial charge < -0.3 is 10.2 Å². The molecule has 0 aromatic heterocycles. The maximum absolute atomic E-state index is 12.9. The summed E-state index contributed by atoms with van der Waals surface area (Å²) in [6.45, 7) is 0. The molecular weight excluding hydrogens is 325 g/mol. The molecule has 124 valence electrons. The summed E-state index contributed by atoms with van der Waals surface area (Å²) in [6, 6.07) is 8.22. The van der Waals surface area contributed by atoms with E-state index in [1.165, 1.54) is 36.4 Å². The number of aromatic carboxylic acids is 2. The highest BCUT2D eigenvalue weighted by atomic mass is 19.4. The van der Waals surface area contributed by atoms with Crippen molar-refractivity contribution >= 4 is 24.1 Å². The fourth-order valence-corrected chi connectivity index (χ4v) is 2.08. The van der Waals surface area contributed by atoms with Gasteiger partial charge in [0.25, 0.3) is 0 Å². The van der Waals surface area contributed by atoms with Crippen LogP contribution in [-0.2, 0) is 6.18 Å². The fraction of sp³-hybridized carbons (Fsp3) is 0.0588. The Balaban J connectivity index is 2.47. The minimum Gasteiger partial charge on any atom is -0.478 e. The number of carboxylic acid groups (broad SMARTS) is 2. The lowest BCUT2D eigenvalue weighted by Crippen LogP contribution is -2.06. The minimum atomic E-state index is -4.53. The summed E-state index contributed by atoms with van der Waals surface area (Å²) in [5, 5.41) is 18.0. The molecule has 2 aromatic rings. The zero-order chi connectivity index (χ0) is 17.9. The first kappa shape index (κ1) is 17.3. The predicted octanol–water partition coefficient (Wildman–Crippen LogP) is 4.27. The van der Waals surface area contributed by atoms with Crippen molar-refractivity contribution in [1.82, 2.24) is 0 Å². The quantitative estimate of drug-likeness (QED) is 0.818. The summed E-state index contributed by atoms with van der Waals surface area (Å²) in [5.41, 5.74) is -1.31. The molecule has 24 heavy (non-hydrogen) atoms. The number of benzene rings is 2. The topological polar surface area (TPSA) is 74.6 Å². The van der Waals surface area contributed by atoms with Crippen molar-refractivity contribution < 1.29 is 33.0 Å². The van der Waals surface area contributed by atoms with Crippen LogP contribution in [-0.4, -0.2) is 22.2 Å². The number of halogens is 3. The van der Waals surface area contributed by atoms with E-state index in [0.717, 1.165) is 18.2 Å². The summed E-state index contributed by atoms with van der Waals surface area (Å²) in [6.07, 6.45) is -2.13. The first-order chi connectivity index (χ1) is 11.2. The molecule has 0 aliphatic rings. The lowest BCUT2D eigenvalue weighted by atomic mass is 10.0. The second kappa shape index (κ2) is 6.57. The highest BCUT2D eigenvalue weighted by Crippen LogP contribution is 2.32. The SMILES string of the molecule is O=C(O)c1cc(/C=C/c2ccccc2C(F)(F)F)cc(C(=O)O)c1. The number of rotatable bonds is 4. The zero-order valence-corrected chi connectivity index (χ0v) is 12.0. The summed E-state index contributed by atoms with van der Waals surface area (Å²) in [4.78, 5) is 22.0. The Kier molecular flexibility index (Phi) is 4.73. The van der Waals surface area contributed by atoms with Crippen molar-refractivity contribution in [2.45, 2.75) is 6.18 Å². The molecule has 2 rings (SSSR count). The molecule has 0 atom stereocenters. The van der Waals surface area contributed by atoms with Crippen molar-refractivity contribution in [3.8, 4) is 0 Å². The molecule has 0 heterocycles. The Morgan fingerprint density at radius 3 is 1.92 bits per heavy atom. The number of alkyl halides is 3. The van der Waals surface area contributed by atoms with Gasteiger partial charge in [-0.1, -0.05) is 30.4 Å². The second-order valence-electron chi connectivity index (χ2n) is 4.87. The van der Waals surface area contributed by atoms with Gasteiger partial charge in [0.2, 0.25) is 0 Å². The van der Waals surface area contributed by atoms with Crippen LogP contribution in [0.4, 0.5) is 13.2 Å². The molecule has 0 amide bonds. The van der Waals surface area contributed by atoms with Gasteiger partial charge in [-0.05, 0) is 35.4 Å². The average Bonchev–Trinajstić information content (AvgIpc) is 2.52. The summed E-state index contributed by atoms with van der Waals surface area (Å²) in [7, 11) is 0. The average molecular weight is 336 g/mol. The van der Waals surface area contributed by atoms with Crippen LogP contribution in [0.2, 0.25) is 0 Å². The maximum Gasteiger partial charge on any atom is 0.416 e. The first-order valence-corrected chi connectivity index (χ1v) is 6.64. The van der Waals surface area contributed by atoms with Crippen molar-refractivity contribution in [1.29, 1.82) is 0 Å². The Morgan fingerprint density at radius 1 is 0.875 bits per heavy atom. The molecule has 0 radical (unpaired) electrons. The van der Waals surface area contributed by atoms with Crippen LogP contribution in [0.25, 0.3) is 12.2 Å². The molecule has 0 aliphatic heterocycles. The van der Waals surface area contributed by atoms with Crippen LogP contribution < -0.4 is 0 Å². The zero-order valence-electron chi connectivity index (χ0n) is 12.0. The standard InChI is InChI=1S/C17H11F3O4/c18-17(19,20)14-4-2-1-3-11(14)6-5-10-7-12(15(21)22)9-13(8-10)16(23)24/h1-9H,(H,21,22)(H,23,24)/b6-5+. The van der Waals surface area contributed by atoms with Crippen LogP contribution in [0, 0.1) is 0 Å². The Hall–Kier alpha value is -3.09. The van der Waals surface area contributed by atoms with Crippen molar-refractivity contribution in [2.24, 2.45) is 0 Å². The van der Waals surface area contributed by atoms with Crippen LogP contribution >= 0.6 is 0 Å².